The maximum atomic E-state index is 12.7. The average Bonchev–Trinajstić information content (AvgIpc) is 2.05. The van der Waals surface area contributed by atoms with Gasteiger partial charge in [-0.2, -0.15) is 0 Å². The highest BCUT2D eigenvalue weighted by Crippen LogP contribution is 2.20. The van der Waals surface area contributed by atoms with Crippen LogP contribution in [0.25, 0.3) is 0 Å². The Labute approximate surface area is 70.3 Å². The average molecular weight is 170 g/mol. The normalized spacial score (nSPS) is 11.7. The van der Waals surface area contributed by atoms with Crippen molar-refractivity contribution in [2.24, 2.45) is 5.90 Å². The fraction of sp³-hybridized carbons (Fsp3) is 0.375. The third-order valence-electron chi connectivity index (χ3n) is 1.63. The summed E-state index contributed by atoms with van der Waals surface area (Å²) in [4.78, 5) is 8.59. The van der Waals surface area contributed by atoms with E-state index in [1.54, 1.807) is 13.8 Å². The second-order valence-electron chi connectivity index (χ2n) is 2.99. The van der Waals surface area contributed by atoms with Crippen molar-refractivity contribution in [1.82, 2.24) is 4.98 Å². The first-order valence-corrected chi connectivity index (χ1v) is 3.56. The molecule has 1 aromatic heterocycles. The van der Waals surface area contributed by atoms with Crippen LogP contribution >= 0.6 is 0 Å². The van der Waals surface area contributed by atoms with Crippen molar-refractivity contribution in [2.75, 3.05) is 0 Å². The van der Waals surface area contributed by atoms with Crippen LogP contribution < -0.4 is 5.90 Å². The van der Waals surface area contributed by atoms with Crippen molar-refractivity contribution in [3.8, 4) is 0 Å². The van der Waals surface area contributed by atoms with Gasteiger partial charge < -0.3 is 0 Å². The monoisotopic (exact) mass is 170 g/mol. The topological polar surface area (TPSA) is 48.1 Å². The highest BCUT2D eigenvalue weighted by Gasteiger charge is 2.22. The molecule has 0 radical (unpaired) electrons. The molecular formula is C8H11FN2O. The maximum absolute atomic E-state index is 12.7. The number of halogens is 1. The molecule has 0 saturated carbocycles. The van der Waals surface area contributed by atoms with Crippen LogP contribution in [0.2, 0.25) is 0 Å². The number of hydrogen-bond donors (Lipinski definition) is 1. The third kappa shape index (κ3) is 1.78. The van der Waals surface area contributed by atoms with E-state index < -0.39 is 5.60 Å². The molecule has 0 atom stereocenters. The molecule has 4 heteroatoms. The van der Waals surface area contributed by atoms with Crippen LogP contribution in [0.5, 0.6) is 0 Å². The predicted molar refractivity (Wildman–Crippen MR) is 42.5 cm³/mol. The van der Waals surface area contributed by atoms with E-state index in [0.29, 0.717) is 5.69 Å². The molecule has 12 heavy (non-hydrogen) atoms. The molecule has 0 aliphatic heterocycles. The number of aromatic nitrogens is 1. The van der Waals surface area contributed by atoms with Gasteiger partial charge in [0.1, 0.15) is 11.4 Å². The van der Waals surface area contributed by atoms with Gasteiger partial charge in [-0.3, -0.25) is 9.82 Å². The van der Waals surface area contributed by atoms with E-state index in [4.69, 9.17) is 5.90 Å². The van der Waals surface area contributed by atoms with Crippen LogP contribution in [-0.4, -0.2) is 4.98 Å². The van der Waals surface area contributed by atoms with E-state index in [0.717, 1.165) is 0 Å². The van der Waals surface area contributed by atoms with Gasteiger partial charge in [0.2, 0.25) is 0 Å². The lowest BCUT2D eigenvalue weighted by Gasteiger charge is -2.20. The summed E-state index contributed by atoms with van der Waals surface area (Å²) in [6.07, 6.45) is 1.38. The van der Waals surface area contributed by atoms with Crippen LogP contribution in [0.4, 0.5) is 4.39 Å². The summed E-state index contributed by atoms with van der Waals surface area (Å²) in [6, 6.07) is 2.57. The molecular weight excluding hydrogens is 159 g/mol. The Bertz CT molecular complexity index is 276. The van der Waals surface area contributed by atoms with Crippen molar-refractivity contribution in [3.63, 3.8) is 0 Å². The highest BCUT2D eigenvalue weighted by atomic mass is 19.1. The van der Waals surface area contributed by atoms with Crippen molar-refractivity contribution < 1.29 is 9.23 Å². The summed E-state index contributed by atoms with van der Waals surface area (Å²) < 4.78 is 12.7. The second-order valence-corrected chi connectivity index (χ2v) is 2.99. The van der Waals surface area contributed by atoms with Crippen molar-refractivity contribution in [1.29, 1.82) is 0 Å². The molecule has 0 spiro atoms. The largest absolute Gasteiger partial charge is 0.292 e. The van der Waals surface area contributed by atoms with E-state index in [1.807, 2.05) is 0 Å². The molecule has 0 fully saturated rings. The Hall–Kier alpha value is -1.00. The van der Waals surface area contributed by atoms with Gasteiger partial charge in [0.15, 0.2) is 0 Å². The summed E-state index contributed by atoms with van der Waals surface area (Å²) in [5, 5.41) is 0. The highest BCUT2D eigenvalue weighted by molar-refractivity contribution is 5.12. The summed E-state index contributed by atoms with van der Waals surface area (Å²) in [7, 11) is 0. The fourth-order valence-electron chi connectivity index (χ4n) is 0.794. The Morgan fingerprint density at radius 3 is 2.75 bits per heavy atom. The lowest BCUT2D eigenvalue weighted by Crippen LogP contribution is -2.26. The van der Waals surface area contributed by atoms with Crippen LogP contribution in [0, 0.1) is 5.82 Å². The first-order valence-electron chi connectivity index (χ1n) is 3.56. The van der Waals surface area contributed by atoms with Crippen molar-refractivity contribution in [2.45, 2.75) is 19.4 Å². The van der Waals surface area contributed by atoms with Crippen molar-refractivity contribution in [3.05, 3.63) is 29.8 Å². The molecule has 3 nitrogen and oxygen atoms in total. The summed E-state index contributed by atoms with van der Waals surface area (Å²) in [5.74, 6) is 4.68. The lowest BCUT2D eigenvalue weighted by molar-refractivity contribution is -0.0270. The molecule has 66 valence electrons. The Morgan fingerprint density at radius 1 is 1.58 bits per heavy atom. The minimum Gasteiger partial charge on any atom is -0.292 e. The zero-order valence-electron chi connectivity index (χ0n) is 7.04. The minimum absolute atomic E-state index is 0.342. The van der Waals surface area contributed by atoms with E-state index in [2.05, 4.69) is 9.82 Å². The Morgan fingerprint density at radius 2 is 2.25 bits per heavy atom. The van der Waals surface area contributed by atoms with Crippen LogP contribution in [-0.2, 0) is 10.4 Å². The summed E-state index contributed by atoms with van der Waals surface area (Å²) in [6.45, 7) is 3.43. The molecule has 2 N–H and O–H groups in total. The Balaban J connectivity index is 3.03. The first-order chi connectivity index (χ1) is 5.56. The summed E-state index contributed by atoms with van der Waals surface area (Å²) >= 11 is 0. The van der Waals surface area contributed by atoms with Crippen LogP contribution in [0.15, 0.2) is 18.3 Å². The molecule has 0 saturated heterocycles. The number of hydrogen-bond acceptors (Lipinski definition) is 3. The molecule has 0 aromatic carbocycles. The zero-order valence-corrected chi connectivity index (χ0v) is 7.04. The first kappa shape index (κ1) is 9.09. The molecule has 0 bridgehead atoms. The van der Waals surface area contributed by atoms with Gasteiger partial charge in [-0.15, -0.1) is 0 Å². The van der Waals surface area contributed by atoms with Crippen LogP contribution in [0.3, 0.4) is 0 Å². The second kappa shape index (κ2) is 3.16. The number of pyridine rings is 1. The van der Waals surface area contributed by atoms with Crippen LogP contribution in [0.1, 0.15) is 19.5 Å². The number of rotatable bonds is 2. The van der Waals surface area contributed by atoms with Gasteiger partial charge in [-0.05, 0) is 26.0 Å². The van der Waals surface area contributed by atoms with Gasteiger partial charge in [0.05, 0.1) is 5.69 Å². The zero-order chi connectivity index (χ0) is 9.19. The molecule has 0 amide bonds. The Kier molecular flexibility index (Phi) is 2.40. The van der Waals surface area contributed by atoms with E-state index in [1.165, 1.54) is 18.3 Å². The SMILES string of the molecule is CC(C)(ON)c1cc(F)ccn1. The molecule has 0 aliphatic carbocycles. The number of nitrogens with zero attached hydrogens (tertiary/aromatic N) is 1. The quantitative estimate of drug-likeness (QED) is 0.681. The fourth-order valence-corrected chi connectivity index (χ4v) is 0.794. The van der Waals surface area contributed by atoms with E-state index in [9.17, 15) is 4.39 Å². The molecule has 1 aromatic rings. The predicted octanol–water partition coefficient (Wildman–Crippen LogP) is 1.35. The standard InChI is InChI=1S/C8H11FN2O/c1-8(2,12-10)7-5-6(9)3-4-11-7/h3-5H,10H2,1-2H3. The number of nitrogens with two attached hydrogens (primary N) is 1. The minimum atomic E-state index is -0.748. The van der Waals surface area contributed by atoms with Gasteiger partial charge in [0, 0.05) is 6.20 Å². The van der Waals surface area contributed by atoms with Gasteiger partial charge in [-0.25, -0.2) is 10.3 Å². The van der Waals surface area contributed by atoms with E-state index in [-0.39, 0.29) is 5.82 Å². The summed E-state index contributed by atoms with van der Waals surface area (Å²) in [5.41, 5.74) is -0.271. The van der Waals surface area contributed by atoms with E-state index >= 15 is 0 Å². The van der Waals surface area contributed by atoms with Gasteiger partial charge in [0.25, 0.3) is 0 Å². The van der Waals surface area contributed by atoms with Gasteiger partial charge >= 0.3 is 0 Å². The smallest absolute Gasteiger partial charge is 0.126 e. The van der Waals surface area contributed by atoms with Crippen molar-refractivity contribution >= 4 is 0 Å². The molecule has 0 unspecified atom stereocenters. The van der Waals surface area contributed by atoms with Gasteiger partial charge in [-0.1, -0.05) is 0 Å². The third-order valence-corrected chi connectivity index (χ3v) is 1.63. The lowest BCUT2D eigenvalue weighted by atomic mass is 10.0. The molecule has 1 rings (SSSR count). The molecule has 1 heterocycles. The maximum Gasteiger partial charge on any atom is 0.126 e. The molecule has 0 aliphatic rings.